The highest BCUT2D eigenvalue weighted by Gasteiger charge is 2.25. The maximum Gasteiger partial charge on any atom is 0.385 e. The number of ether oxygens (including phenoxy) is 1. The minimum Gasteiger partial charge on any atom is -0.421 e. The van der Waals surface area contributed by atoms with Gasteiger partial charge >= 0.3 is 5.97 Å². The van der Waals surface area contributed by atoms with Crippen molar-refractivity contribution in [2.75, 3.05) is 11.9 Å². The van der Waals surface area contributed by atoms with Gasteiger partial charge in [-0.3, -0.25) is 14.3 Å². The third kappa shape index (κ3) is 4.15. The van der Waals surface area contributed by atoms with Crippen LogP contribution in [0.1, 0.15) is 37.7 Å². The van der Waals surface area contributed by atoms with Gasteiger partial charge < -0.3 is 9.64 Å². The molecular formula is C23H23N3O4. The lowest BCUT2D eigenvalue weighted by atomic mass is 10.1. The summed E-state index contributed by atoms with van der Waals surface area (Å²) in [5, 5.41) is 4.15. The molecular weight excluding hydrogens is 382 g/mol. The molecule has 1 heterocycles. The fraction of sp³-hybridized carbons (Fsp3) is 0.217. The second kappa shape index (κ2) is 8.32. The largest absolute Gasteiger partial charge is 0.421 e. The lowest BCUT2D eigenvalue weighted by Gasteiger charge is -2.18. The molecule has 0 spiro atoms. The van der Waals surface area contributed by atoms with E-state index in [1.807, 2.05) is 19.1 Å². The van der Waals surface area contributed by atoms with E-state index in [0.717, 1.165) is 5.56 Å². The van der Waals surface area contributed by atoms with Crippen LogP contribution in [0, 0.1) is 20.8 Å². The molecule has 0 saturated carbocycles. The Morgan fingerprint density at radius 3 is 2.07 bits per heavy atom. The second-order valence-electron chi connectivity index (χ2n) is 7.11. The Bertz CT molecular complexity index is 1110. The molecule has 0 radical (unpaired) electrons. The summed E-state index contributed by atoms with van der Waals surface area (Å²) in [5.74, 6) is -1.66. The number of hydrogen-bond acceptors (Lipinski definition) is 5. The lowest BCUT2D eigenvalue weighted by molar-refractivity contribution is -0.129. The van der Waals surface area contributed by atoms with E-state index in [1.54, 1.807) is 69.0 Å². The van der Waals surface area contributed by atoms with E-state index in [0.29, 0.717) is 22.6 Å². The summed E-state index contributed by atoms with van der Waals surface area (Å²) in [5.41, 5.74) is 3.61. The van der Waals surface area contributed by atoms with Gasteiger partial charge in [-0.05, 0) is 57.2 Å². The van der Waals surface area contributed by atoms with Crippen molar-refractivity contribution in [3.63, 3.8) is 0 Å². The van der Waals surface area contributed by atoms with Gasteiger partial charge in [0.25, 0.3) is 11.7 Å². The monoisotopic (exact) mass is 405 g/mol. The van der Waals surface area contributed by atoms with Crippen LogP contribution in [0.5, 0.6) is 5.75 Å². The fourth-order valence-electron chi connectivity index (χ4n) is 3.10. The van der Waals surface area contributed by atoms with Crippen LogP contribution in [0.15, 0.2) is 48.5 Å². The minimum atomic E-state index is -0.981. The molecule has 0 saturated heterocycles. The van der Waals surface area contributed by atoms with Crippen LogP contribution < -0.4 is 9.64 Å². The Labute approximate surface area is 174 Å². The topological polar surface area (TPSA) is 81.5 Å². The molecule has 0 atom stereocenters. The molecule has 0 aliphatic heterocycles. The maximum atomic E-state index is 12.6. The van der Waals surface area contributed by atoms with Gasteiger partial charge in [0.05, 0.1) is 11.3 Å². The predicted molar refractivity (Wildman–Crippen MR) is 113 cm³/mol. The number of rotatable bonds is 5. The Kier molecular flexibility index (Phi) is 5.82. The number of anilines is 1. The van der Waals surface area contributed by atoms with Gasteiger partial charge in [-0.1, -0.05) is 17.7 Å². The number of esters is 1. The molecule has 7 nitrogen and oxygen atoms in total. The van der Waals surface area contributed by atoms with Gasteiger partial charge in [0, 0.05) is 31.0 Å². The molecule has 0 aliphatic rings. The van der Waals surface area contributed by atoms with Crippen molar-refractivity contribution < 1.29 is 19.1 Å². The summed E-state index contributed by atoms with van der Waals surface area (Å²) >= 11 is 0. The maximum absolute atomic E-state index is 12.6. The van der Waals surface area contributed by atoms with Crippen molar-refractivity contribution in [2.45, 2.75) is 20.8 Å². The molecule has 0 aliphatic carbocycles. The second-order valence-corrected chi connectivity index (χ2v) is 7.11. The first-order chi connectivity index (χ1) is 14.2. The van der Waals surface area contributed by atoms with Crippen molar-refractivity contribution in [3.05, 3.63) is 76.6 Å². The molecule has 0 fully saturated rings. The van der Waals surface area contributed by atoms with E-state index in [2.05, 4.69) is 5.10 Å². The van der Waals surface area contributed by atoms with Gasteiger partial charge in [-0.15, -0.1) is 0 Å². The molecule has 1 aromatic heterocycles. The number of Topliss-reactive ketones (excluding diaryl/α,β-unsaturated/α-hetero) is 1. The average molecular weight is 405 g/mol. The van der Waals surface area contributed by atoms with Gasteiger partial charge in [0.2, 0.25) is 0 Å². The standard InChI is InChI=1S/C23H23N3O4/c1-14-6-8-17(9-7-14)22(28)25(4)18-10-12-19(13-11-18)30-23(29)21(27)20-15(2)24-26(5)16(20)3/h6-13H,1-5H3. The SMILES string of the molecule is Cc1ccc(C(=O)N(C)c2ccc(OC(=O)C(=O)c3c(C)nn(C)c3C)cc2)cc1. The summed E-state index contributed by atoms with van der Waals surface area (Å²) in [7, 11) is 3.37. The van der Waals surface area contributed by atoms with E-state index >= 15 is 0 Å². The summed E-state index contributed by atoms with van der Waals surface area (Å²) in [6.07, 6.45) is 0. The van der Waals surface area contributed by atoms with Crippen LogP contribution in [0.2, 0.25) is 0 Å². The lowest BCUT2D eigenvalue weighted by Crippen LogP contribution is -2.26. The van der Waals surface area contributed by atoms with Crippen LogP contribution in [-0.4, -0.2) is 34.5 Å². The zero-order valence-corrected chi connectivity index (χ0v) is 17.6. The number of benzene rings is 2. The number of aryl methyl sites for hydroxylation is 3. The van der Waals surface area contributed by atoms with Gasteiger partial charge in [0.15, 0.2) is 0 Å². The third-order valence-corrected chi connectivity index (χ3v) is 4.96. The molecule has 1 amide bonds. The number of amides is 1. The smallest absolute Gasteiger partial charge is 0.385 e. The van der Waals surface area contributed by atoms with E-state index in [-0.39, 0.29) is 17.2 Å². The first kappa shape index (κ1) is 21.0. The van der Waals surface area contributed by atoms with E-state index < -0.39 is 11.8 Å². The highest BCUT2D eigenvalue weighted by molar-refractivity contribution is 6.41. The summed E-state index contributed by atoms with van der Waals surface area (Å²) < 4.78 is 6.76. The number of carbonyl (C=O) groups is 3. The minimum absolute atomic E-state index is 0.155. The molecule has 0 N–H and O–H groups in total. The van der Waals surface area contributed by atoms with Crippen LogP contribution in [-0.2, 0) is 11.8 Å². The number of nitrogens with zero attached hydrogens (tertiary/aromatic N) is 3. The van der Waals surface area contributed by atoms with E-state index in [9.17, 15) is 14.4 Å². The zero-order valence-electron chi connectivity index (χ0n) is 17.6. The fourth-order valence-corrected chi connectivity index (χ4v) is 3.10. The summed E-state index contributed by atoms with van der Waals surface area (Å²) in [4.78, 5) is 38.9. The number of carbonyl (C=O) groups excluding carboxylic acids is 3. The van der Waals surface area contributed by atoms with Crippen molar-refractivity contribution >= 4 is 23.3 Å². The van der Waals surface area contributed by atoms with E-state index in [1.165, 1.54) is 4.90 Å². The number of aromatic nitrogens is 2. The normalized spacial score (nSPS) is 10.6. The molecule has 2 aromatic carbocycles. The quantitative estimate of drug-likeness (QED) is 0.281. The van der Waals surface area contributed by atoms with E-state index in [4.69, 9.17) is 4.74 Å². The number of ketones is 1. The Hall–Kier alpha value is -3.74. The highest BCUT2D eigenvalue weighted by atomic mass is 16.5. The first-order valence-corrected chi connectivity index (χ1v) is 9.40. The van der Waals surface area contributed by atoms with Crippen LogP contribution in [0.3, 0.4) is 0 Å². The Morgan fingerprint density at radius 1 is 0.933 bits per heavy atom. The van der Waals surface area contributed by atoms with Crippen LogP contribution in [0.25, 0.3) is 0 Å². The molecule has 154 valence electrons. The molecule has 3 aromatic rings. The zero-order chi connectivity index (χ0) is 22.0. The Morgan fingerprint density at radius 2 is 1.53 bits per heavy atom. The molecule has 0 unspecified atom stereocenters. The summed E-state index contributed by atoms with van der Waals surface area (Å²) in [6, 6.07) is 13.7. The van der Waals surface area contributed by atoms with Crippen molar-refractivity contribution in [3.8, 4) is 5.75 Å². The Balaban J connectivity index is 1.70. The molecule has 7 heteroatoms. The molecule has 0 bridgehead atoms. The summed E-state index contributed by atoms with van der Waals surface area (Å²) in [6.45, 7) is 5.35. The molecule has 3 rings (SSSR count). The average Bonchev–Trinajstić information content (AvgIpc) is 2.99. The van der Waals surface area contributed by atoms with Crippen LogP contribution in [0.4, 0.5) is 5.69 Å². The van der Waals surface area contributed by atoms with Crippen molar-refractivity contribution in [1.82, 2.24) is 9.78 Å². The predicted octanol–water partition coefficient (Wildman–Crippen LogP) is 3.41. The van der Waals surface area contributed by atoms with Crippen LogP contribution >= 0.6 is 0 Å². The first-order valence-electron chi connectivity index (χ1n) is 9.40. The van der Waals surface area contributed by atoms with Crippen molar-refractivity contribution in [2.24, 2.45) is 7.05 Å². The molecule has 30 heavy (non-hydrogen) atoms. The van der Waals surface area contributed by atoms with Gasteiger partial charge in [0.1, 0.15) is 5.75 Å². The van der Waals surface area contributed by atoms with Gasteiger partial charge in [-0.25, -0.2) is 4.79 Å². The van der Waals surface area contributed by atoms with Gasteiger partial charge in [-0.2, -0.15) is 5.10 Å². The highest BCUT2D eigenvalue weighted by Crippen LogP contribution is 2.21. The van der Waals surface area contributed by atoms with Crippen molar-refractivity contribution in [1.29, 1.82) is 0 Å². The third-order valence-electron chi connectivity index (χ3n) is 4.96. The number of hydrogen-bond donors (Lipinski definition) is 0.